The molecule has 0 spiro atoms. The molecule has 0 radical (unpaired) electrons. The zero-order chi connectivity index (χ0) is 11.7. The summed E-state index contributed by atoms with van der Waals surface area (Å²) in [4.78, 5) is 0. The number of methoxy groups -OCH3 is 1. The Labute approximate surface area is 96.5 Å². The number of ether oxygens (including phenoxy) is 1. The average Bonchev–Trinajstić information content (AvgIpc) is 2.15. The summed E-state index contributed by atoms with van der Waals surface area (Å²) in [5.74, 6) is 0.691. The molecule has 0 amide bonds. The predicted molar refractivity (Wildman–Crippen MR) is 68.8 cm³/mol. The van der Waals surface area contributed by atoms with Crippen LogP contribution in [-0.2, 0) is 9.16 Å². The Hall–Kier alpha value is 0.137. The van der Waals surface area contributed by atoms with Crippen molar-refractivity contribution in [3.05, 3.63) is 0 Å². The van der Waals surface area contributed by atoms with Gasteiger partial charge in [-0.3, -0.25) is 0 Å². The van der Waals surface area contributed by atoms with Gasteiger partial charge in [-0.1, -0.05) is 19.8 Å². The van der Waals surface area contributed by atoms with Crippen molar-refractivity contribution in [2.45, 2.75) is 52.2 Å². The molecule has 2 nitrogen and oxygen atoms in total. The fourth-order valence-corrected chi connectivity index (χ4v) is 2.19. The van der Waals surface area contributed by atoms with E-state index < -0.39 is 8.32 Å². The molecule has 0 aliphatic rings. The predicted octanol–water partition coefficient (Wildman–Crippen LogP) is 3.68. The summed E-state index contributed by atoms with van der Waals surface area (Å²) in [5.41, 5.74) is 0. The minimum absolute atomic E-state index is 0.691. The van der Waals surface area contributed by atoms with Crippen molar-refractivity contribution >= 4 is 8.32 Å². The molecule has 0 aromatic carbocycles. The van der Waals surface area contributed by atoms with Crippen molar-refractivity contribution < 1.29 is 9.16 Å². The van der Waals surface area contributed by atoms with E-state index in [1.54, 1.807) is 7.11 Å². The molecule has 0 aromatic heterocycles. The van der Waals surface area contributed by atoms with Gasteiger partial charge < -0.3 is 9.16 Å². The molecule has 1 atom stereocenters. The second-order valence-corrected chi connectivity index (χ2v) is 9.73. The van der Waals surface area contributed by atoms with Crippen LogP contribution in [0.3, 0.4) is 0 Å². The molecule has 0 saturated heterocycles. The Morgan fingerprint density at radius 1 is 1.13 bits per heavy atom. The summed E-state index contributed by atoms with van der Waals surface area (Å²) in [6.45, 7) is 10.8. The summed E-state index contributed by atoms with van der Waals surface area (Å²) in [6.07, 6.45) is 5.01. The van der Waals surface area contributed by atoms with E-state index in [4.69, 9.17) is 9.16 Å². The van der Waals surface area contributed by atoms with Crippen molar-refractivity contribution in [3.63, 3.8) is 0 Å². The Balaban J connectivity index is 3.78. The smallest absolute Gasteiger partial charge is 0.183 e. The van der Waals surface area contributed by atoms with E-state index in [0.29, 0.717) is 5.92 Å². The second kappa shape index (κ2) is 8.31. The van der Waals surface area contributed by atoms with E-state index in [2.05, 4.69) is 26.6 Å². The molecular weight excluding hydrogens is 204 g/mol. The van der Waals surface area contributed by atoms with Gasteiger partial charge in [-0.25, -0.2) is 0 Å². The van der Waals surface area contributed by atoms with Crippen LogP contribution in [0.5, 0.6) is 0 Å². The fourth-order valence-electron chi connectivity index (χ4n) is 1.46. The molecule has 1 unspecified atom stereocenters. The van der Waals surface area contributed by atoms with Gasteiger partial charge in [0.2, 0.25) is 0 Å². The standard InChI is InChI=1S/C12H28O2Si/c1-6-7-8-12(9-10-13-2)11-14-15(3,4)5/h12H,6-11H2,1-5H3. The zero-order valence-corrected chi connectivity index (χ0v) is 12.1. The Morgan fingerprint density at radius 2 is 1.80 bits per heavy atom. The molecule has 0 fully saturated rings. The number of rotatable bonds is 9. The van der Waals surface area contributed by atoms with Crippen LogP contribution in [0.4, 0.5) is 0 Å². The maximum absolute atomic E-state index is 5.97. The Morgan fingerprint density at radius 3 is 2.27 bits per heavy atom. The summed E-state index contributed by atoms with van der Waals surface area (Å²) in [5, 5.41) is 0. The second-order valence-electron chi connectivity index (χ2n) is 5.21. The monoisotopic (exact) mass is 232 g/mol. The topological polar surface area (TPSA) is 18.5 Å². The third kappa shape index (κ3) is 10.4. The van der Waals surface area contributed by atoms with Crippen LogP contribution in [0, 0.1) is 5.92 Å². The van der Waals surface area contributed by atoms with Gasteiger partial charge in [0.25, 0.3) is 0 Å². The van der Waals surface area contributed by atoms with Gasteiger partial charge in [0.15, 0.2) is 8.32 Å². The normalized spacial score (nSPS) is 14.2. The molecule has 0 heterocycles. The van der Waals surface area contributed by atoms with E-state index >= 15 is 0 Å². The lowest BCUT2D eigenvalue weighted by Gasteiger charge is -2.23. The summed E-state index contributed by atoms with van der Waals surface area (Å²) in [7, 11) is 0.435. The SMILES string of the molecule is CCCCC(CCOC)CO[Si](C)(C)C. The highest BCUT2D eigenvalue weighted by Gasteiger charge is 2.17. The minimum atomic E-state index is -1.34. The van der Waals surface area contributed by atoms with Crippen LogP contribution in [0.2, 0.25) is 19.6 Å². The number of hydrogen-bond donors (Lipinski definition) is 0. The third-order valence-corrected chi connectivity index (χ3v) is 3.48. The van der Waals surface area contributed by atoms with Crippen LogP contribution in [0.1, 0.15) is 32.6 Å². The van der Waals surface area contributed by atoms with E-state index in [-0.39, 0.29) is 0 Å². The molecule has 0 bridgehead atoms. The molecule has 92 valence electrons. The van der Waals surface area contributed by atoms with Crippen molar-refractivity contribution in [3.8, 4) is 0 Å². The van der Waals surface area contributed by atoms with E-state index in [1.807, 2.05) is 0 Å². The average molecular weight is 232 g/mol. The molecule has 0 aliphatic heterocycles. The van der Waals surface area contributed by atoms with Gasteiger partial charge in [0.05, 0.1) is 0 Å². The van der Waals surface area contributed by atoms with Crippen LogP contribution in [0.15, 0.2) is 0 Å². The first-order valence-electron chi connectivity index (χ1n) is 6.12. The van der Waals surface area contributed by atoms with Crippen LogP contribution in [0.25, 0.3) is 0 Å². The quantitative estimate of drug-likeness (QED) is 0.565. The molecule has 15 heavy (non-hydrogen) atoms. The van der Waals surface area contributed by atoms with Crippen LogP contribution in [-0.4, -0.2) is 28.6 Å². The molecule has 0 rings (SSSR count). The molecule has 0 aliphatic carbocycles. The highest BCUT2D eigenvalue weighted by Crippen LogP contribution is 2.16. The van der Waals surface area contributed by atoms with Crippen molar-refractivity contribution in [1.82, 2.24) is 0 Å². The lowest BCUT2D eigenvalue weighted by atomic mass is 10.0. The largest absolute Gasteiger partial charge is 0.417 e. The third-order valence-electron chi connectivity index (χ3n) is 2.45. The van der Waals surface area contributed by atoms with Gasteiger partial charge in [0.1, 0.15) is 0 Å². The maximum atomic E-state index is 5.97. The van der Waals surface area contributed by atoms with E-state index in [0.717, 1.165) is 19.6 Å². The van der Waals surface area contributed by atoms with Crippen LogP contribution >= 0.6 is 0 Å². The molecule has 3 heteroatoms. The van der Waals surface area contributed by atoms with Crippen molar-refractivity contribution in [1.29, 1.82) is 0 Å². The highest BCUT2D eigenvalue weighted by atomic mass is 28.4. The lowest BCUT2D eigenvalue weighted by Crippen LogP contribution is -2.29. The van der Waals surface area contributed by atoms with Gasteiger partial charge in [-0.2, -0.15) is 0 Å². The molecule has 0 N–H and O–H groups in total. The Bertz CT molecular complexity index is 135. The van der Waals surface area contributed by atoms with Gasteiger partial charge in [0, 0.05) is 20.3 Å². The fraction of sp³-hybridized carbons (Fsp3) is 1.00. The molecular formula is C12H28O2Si. The number of unbranched alkanes of at least 4 members (excludes halogenated alkanes) is 1. The van der Waals surface area contributed by atoms with Gasteiger partial charge in [-0.15, -0.1) is 0 Å². The van der Waals surface area contributed by atoms with Crippen molar-refractivity contribution in [2.75, 3.05) is 20.3 Å². The first kappa shape index (κ1) is 15.1. The van der Waals surface area contributed by atoms with Crippen LogP contribution < -0.4 is 0 Å². The van der Waals surface area contributed by atoms with Gasteiger partial charge >= 0.3 is 0 Å². The van der Waals surface area contributed by atoms with E-state index in [9.17, 15) is 0 Å². The summed E-state index contributed by atoms with van der Waals surface area (Å²) >= 11 is 0. The zero-order valence-electron chi connectivity index (χ0n) is 11.1. The number of hydrogen-bond acceptors (Lipinski definition) is 2. The molecule has 0 aromatic rings. The lowest BCUT2D eigenvalue weighted by molar-refractivity contribution is 0.148. The maximum Gasteiger partial charge on any atom is 0.183 e. The first-order chi connectivity index (χ1) is 6.99. The Kier molecular flexibility index (Phi) is 8.38. The summed E-state index contributed by atoms with van der Waals surface area (Å²) < 4.78 is 11.1. The highest BCUT2D eigenvalue weighted by molar-refractivity contribution is 6.69. The molecule has 0 saturated carbocycles. The van der Waals surface area contributed by atoms with E-state index in [1.165, 1.54) is 19.3 Å². The van der Waals surface area contributed by atoms with Gasteiger partial charge in [-0.05, 0) is 38.4 Å². The minimum Gasteiger partial charge on any atom is -0.417 e. The van der Waals surface area contributed by atoms with Crippen molar-refractivity contribution in [2.24, 2.45) is 5.92 Å². The first-order valence-corrected chi connectivity index (χ1v) is 9.53. The summed E-state index contributed by atoms with van der Waals surface area (Å²) in [6, 6.07) is 0.